The Balaban J connectivity index is 2.64. The number of benzene rings is 1. The van der Waals surface area contributed by atoms with Crippen LogP contribution < -0.4 is 4.74 Å². The van der Waals surface area contributed by atoms with Gasteiger partial charge in [-0.2, -0.15) is 0 Å². The third-order valence-corrected chi connectivity index (χ3v) is 2.34. The Kier molecular flexibility index (Phi) is 5.89. The summed E-state index contributed by atoms with van der Waals surface area (Å²) in [6.45, 7) is 1.48. The molecule has 1 rings (SSSR count). The van der Waals surface area contributed by atoms with E-state index in [9.17, 15) is 18.4 Å². The number of carboxylic acids is 1. The second kappa shape index (κ2) is 7.42. The van der Waals surface area contributed by atoms with Crippen molar-refractivity contribution in [3.63, 3.8) is 0 Å². The van der Waals surface area contributed by atoms with Crippen molar-refractivity contribution in [3.8, 4) is 5.75 Å². The number of esters is 1. The fourth-order valence-electron chi connectivity index (χ4n) is 1.32. The summed E-state index contributed by atoms with van der Waals surface area (Å²) in [4.78, 5) is 21.8. The van der Waals surface area contributed by atoms with Crippen molar-refractivity contribution in [2.45, 2.75) is 19.8 Å². The Bertz CT molecular complexity index is 479. The summed E-state index contributed by atoms with van der Waals surface area (Å²) < 4.78 is 36.3. The molecule has 20 heavy (non-hydrogen) atoms. The average Bonchev–Trinajstić information content (AvgIpc) is 2.37. The lowest BCUT2D eigenvalue weighted by Crippen LogP contribution is -2.16. The van der Waals surface area contributed by atoms with E-state index >= 15 is 0 Å². The monoisotopic (exact) mass is 288 g/mol. The summed E-state index contributed by atoms with van der Waals surface area (Å²) in [7, 11) is 0. The smallest absolute Gasteiger partial charge is 0.344 e. The third-order valence-electron chi connectivity index (χ3n) is 2.34. The van der Waals surface area contributed by atoms with Gasteiger partial charge < -0.3 is 14.6 Å². The molecule has 1 aromatic carbocycles. The predicted octanol–water partition coefficient (Wildman–Crippen LogP) is 2.39. The van der Waals surface area contributed by atoms with Gasteiger partial charge in [-0.25, -0.2) is 18.4 Å². The molecule has 1 aromatic rings. The van der Waals surface area contributed by atoms with E-state index in [4.69, 9.17) is 9.84 Å². The number of carbonyl (C=O) groups excluding carboxylic acids is 1. The molecule has 0 aliphatic heterocycles. The fraction of sp³-hybridized carbons (Fsp3) is 0.385. The van der Waals surface area contributed by atoms with E-state index < -0.39 is 41.5 Å². The maximum Gasteiger partial charge on any atom is 0.344 e. The summed E-state index contributed by atoms with van der Waals surface area (Å²) in [6, 6.07) is 1.23. The number of carboxylic acid groups (broad SMARTS) is 1. The number of carbonyl (C=O) groups is 2. The van der Waals surface area contributed by atoms with Crippen LogP contribution in [0.3, 0.4) is 0 Å². The van der Waals surface area contributed by atoms with Crippen molar-refractivity contribution < 1.29 is 33.0 Å². The molecule has 0 saturated heterocycles. The standard InChI is InChI=1S/C13H14F2O5/c1-2-3-4-19-11(16)7-20-12-9(14)5-8(13(17)18)6-10(12)15/h5-6H,2-4,7H2,1H3,(H,17,18). The largest absolute Gasteiger partial charge is 0.478 e. The van der Waals surface area contributed by atoms with Crippen molar-refractivity contribution in [3.05, 3.63) is 29.3 Å². The van der Waals surface area contributed by atoms with Gasteiger partial charge in [0.15, 0.2) is 24.0 Å². The van der Waals surface area contributed by atoms with Crippen LogP contribution in [0.2, 0.25) is 0 Å². The van der Waals surface area contributed by atoms with E-state index in [2.05, 4.69) is 4.74 Å². The Morgan fingerprint density at radius 1 is 1.25 bits per heavy atom. The zero-order valence-corrected chi connectivity index (χ0v) is 10.8. The predicted molar refractivity (Wildman–Crippen MR) is 64.7 cm³/mol. The van der Waals surface area contributed by atoms with Crippen molar-refractivity contribution in [2.75, 3.05) is 13.2 Å². The van der Waals surface area contributed by atoms with Gasteiger partial charge in [-0.15, -0.1) is 0 Å². The van der Waals surface area contributed by atoms with Crippen LogP contribution in [0.4, 0.5) is 8.78 Å². The van der Waals surface area contributed by atoms with Gasteiger partial charge in [0.05, 0.1) is 12.2 Å². The lowest BCUT2D eigenvalue weighted by atomic mass is 10.2. The van der Waals surface area contributed by atoms with E-state index in [1.165, 1.54) is 0 Å². The van der Waals surface area contributed by atoms with Crippen LogP contribution in [0.25, 0.3) is 0 Å². The van der Waals surface area contributed by atoms with E-state index in [0.717, 1.165) is 6.42 Å². The number of hydrogen-bond donors (Lipinski definition) is 1. The fourth-order valence-corrected chi connectivity index (χ4v) is 1.32. The number of unbranched alkanes of at least 4 members (excludes halogenated alkanes) is 1. The van der Waals surface area contributed by atoms with Gasteiger partial charge in [0.2, 0.25) is 0 Å². The van der Waals surface area contributed by atoms with Crippen molar-refractivity contribution in [1.82, 2.24) is 0 Å². The van der Waals surface area contributed by atoms with Crippen LogP contribution in [-0.4, -0.2) is 30.3 Å². The highest BCUT2D eigenvalue weighted by Crippen LogP contribution is 2.23. The highest BCUT2D eigenvalue weighted by Gasteiger charge is 2.17. The van der Waals surface area contributed by atoms with Crippen LogP contribution in [0, 0.1) is 11.6 Å². The van der Waals surface area contributed by atoms with E-state index in [0.29, 0.717) is 18.6 Å². The number of aromatic carboxylic acids is 1. The van der Waals surface area contributed by atoms with Gasteiger partial charge in [-0.05, 0) is 18.6 Å². The van der Waals surface area contributed by atoms with Crippen LogP contribution in [0.15, 0.2) is 12.1 Å². The molecule has 0 fully saturated rings. The minimum Gasteiger partial charge on any atom is -0.478 e. The normalized spacial score (nSPS) is 10.2. The molecule has 0 aliphatic rings. The van der Waals surface area contributed by atoms with E-state index in [1.54, 1.807) is 0 Å². The van der Waals surface area contributed by atoms with Gasteiger partial charge in [0.1, 0.15) is 0 Å². The molecule has 0 amide bonds. The van der Waals surface area contributed by atoms with Gasteiger partial charge in [-0.1, -0.05) is 13.3 Å². The second-order valence-corrected chi connectivity index (χ2v) is 3.94. The van der Waals surface area contributed by atoms with Crippen molar-refractivity contribution in [2.24, 2.45) is 0 Å². The Morgan fingerprint density at radius 3 is 2.35 bits per heavy atom. The number of halogens is 2. The molecule has 0 aromatic heterocycles. The highest BCUT2D eigenvalue weighted by atomic mass is 19.1. The van der Waals surface area contributed by atoms with Crippen LogP contribution in [0.5, 0.6) is 5.75 Å². The van der Waals surface area contributed by atoms with Gasteiger partial charge in [0, 0.05) is 0 Å². The minimum atomic E-state index is -1.46. The molecule has 5 nitrogen and oxygen atoms in total. The molecule has 7 heteroatoms. The zero-order valence-electron chi connectivity index (χ0n) is 10.8. The van der Waals surface area contributed by atoms with Gasteiger partial charge in [-0.3, -0.25) is 0 Å². The molecule has 0 bridgehead atoms. The van der Waals surface area contributed by atoms with Crippen LogP contribution in [0.1, 0.15) is 30.1 Å². The molecule has 0 radical (unpaired) electrons. The quantitative estimate of drug-likeness (QED) is 0.616. The molecule has 0 unspecified atom stereocenters. The first-order valence-electron chi connectivity index (χ1n) is 5.96. The molecular weight excluding hydrogens is 274 g/mol. The van der Waals surface area contributed by atoms with Gasteiger partial charge >= 0.3 is 11.9 Å². The summed E-state index contributed by atoms with van der Waals surface area (Å²) >= 11 is 0. The SMILES string of the molecule is CCCCOC(=O)COc1c(F)cc(C(=O)O)cc1F. The average molecular weight is 288 g/mol. The Hall–Kier alpha value is -2.18. The van der Waals surface area contributed by atoms with Crippen molar-refractivity contribution in [1.29, 1.82) is 0 Å². The first-order valence-corrected chi connectivity index (χ1v) is 5.96. The maximum atomic E-state index is 13.4. The molecule has 0 spiro atoms. The summed E-state index contributed by atoms with van der Waals surface area (Å²) in [5, 5.41) is 8.61. The summed E-state index contributed by atoms with van der Waals surface area (Å²) in [5.74, 6) is -5.40. The number of hydrogen-bond acceptors (Lipinski definition) is 4. The summed E-state index contributed by atoms with van der Waals surface area (Å²) in [5.41, 5.74) is -0.544. The number of ether oxygens (including phenoxy) is 2. The first kappa shape index (κ1) is 15.9. The molecule has 110 valence electrons. The van der Waals surface area contributed by atoms with Crippen LogP contribution >= 0.6 is 0 Å². The minimum absolute atomic E-state index is 0.210. The first-order chi connectivity index (χ1) is 9.45. The van der Waals surface area contributed by atoms with E-state index in [1.807, 2.05) is 6.92 Å². The molecular formula is C13H14F2O5. The number of rotatable bonds is 7. The lowest BCUT2D eigenvalue weighted by molar-refractivity contribution is -0.146. The Labute approximate surface area is 114 Å². The topological polar surface area (TPSA) is 72.8 Å². The molecule has 0 aliphatic carbocycles. The highest BCUT2D eigenvalue weighted by molar-refractivity contribution is 5.87. The molecule has 0 heterocycles. The molecule has 0 saturated carbocycles. The second-order valence-electron chi connectivity index (χ2n) is 3.94. The maximum absolute atomic E-state index is 13.4. The lowest BCUT2D eigenvalue weighted by Gasteiger charge is -2.09. The van der Waals surface area contributed by atoms with Crippen LogP contribution in [-0.2, 0) is 9.53 Å². The zero-order chi connectivity index (χ0) is 15.1. The summed E-state index contributed by atoms with van der Waals surface area (Å²) in [6.07, 6.45) is 1.52. The van der Waals surface area contributed by atoms with E-state index in [-0.39, 0.29) is 6.61 Å². The van der Waals surface area contributed by atoms with Crippen molar-refractivity contribution >= 4 is 11.9 Å². The Morgan fingerprint density at radius 2 is 1.85 bits per heavy atom. The molecule has 1 N–H and O–H groups in total. The molecule has 0 atom stereocenters. The van der Waals surface area contributed by atoms with Gasteiger partial charge in [0.25, 0.3) is 0 Å². The third kappa shape index (κ3) is 4.49.